The molecule has 3 nitrogen and oxygen atoms in total. The minimum absolute atomic E-state index is 0.120. The highest BCUT2D eigenvalue weighted by Gasteiger charge is 2.45. The lowest BCUT2D eigenvalue weighted by Crippen LogP contribution is -2.56. The van der Waals surface area contributed by atoms with E-state index in [2.05, 4.69) is 263 Å². The van der Waals surface area contributed by atoms with E-state index in [0.717, 1.165) is 27.9 Å². The number of anilines is 3. The Bertz CT molecular complexity index is 4800. The third-order valence-electron chi connectivity index (χ3n) is 17.1. The number of para-hydroxylation sites is 1. The Morgan fingerprint density at radius 1 is 0.395 bits per heavy atom. The lowest BCUT2D eigenvalue weighted by Gasteiger charge is -2.42. The molecule has 4 heteroatoms. The average molecular weight is 973 g/mol. The number of furan rings is 1. The summed E-state index contributed by atoms with van der Waals surface area (Å²) in [7, 11) is 0. The molecule has 14 aromatic rings. The molecule has 0 fully saturated rings. The third-order valence-corrected chi connectivity index (χ3v) is 17.1. The van der Waals surface area contributed by atoms with E-state index in [1.165, 1.54) is 131 Å². The molecule has 0 saturated heterocycles. The first kappa shape index (κ1) is 43.5. The van der Waals surface area contributed by atoms with Crippen molar-refractivity contribution in [2.75, 3.05) is 4.90 Å². The molecule has 2 aromatic heterocycles. The van der Waals surface area contributed by atoms with Crippen LogP contribution in [0.5, 0.6) is 0 Å². The van der Waals surface area contributed by atoms with Crippen molar-refractivity contribution in [2.45, 2.75) is 52.4 Å². The molecule has 0 radical (unpaired) electrons. The van der Waals surface area contributed by atoms with Crippen molar-refractivity contribution in [2.24, 2.45) is 0 Å². The van der Waals surface area contributed by atoms with Gasteiger partial charge in [0.15, 0.2) is 0 Å². The van der Waals surface area contributed by atoms with Gasteiger partial charge in [-0.2, -0.15) is 0 Å². The molecule has 0 aliphatic carbocycles. The fourth-order valence-electron chi connectivity index (χ4n) is 13.7. The van der Waals surface area contributed by atoms with Gasteiger partial charge in [-0.1, -0.05) is 211 Å². The van der Waals surface area contributed by atoms with Crippen LogP contribution in [0.2, 0.25) is 0 Å². The second-order valence-electron chi connectivity index (χ2n) is 23.6. The minimum Gasteiger partial charge on any atom is -0.456 e. The van der Waals surface area contributed by atoms with Crippen molar-refractivity contribution >= 4 is 122 Å². The molecule has 0 amide bonds. The van der Waals surface area contributed by atoms with E-state index in [4.69, 9.17) is 4.42 Å². The van der Waals surface area contributed by atoms with Gasteiger partial charge in [0.2, 0.25) is 0 Å². The molecule has 2 aliphatic heterocycles. The fraction of sp³-hybridized carbons (Fsp3) is 0.111. The molecule has 0 N–H and O–H groups in total. The van der Waals surface area contributed by atoms with E-state index >= 15 is 0 Å². The van der Waals surface area contributed by atoms with Crippen molar-refractivity contribution < 1.29 is 4.42 Å². The van der Waals surface area contributed by atoms with Gasteiger partial charge in [0.25, 0.3) is 0 Å². The van der Waals surface area contributed by atoms with E-state index in [1.54, 1.807) is 0 Å². The van der Waals surface area contributed by atoms with Crippen LogP contribution < -0.4 is 15.8 Å². The summed E-state index contributed by atoms with van der Waals surface area (Å²) in [5, 5.41) is 14.9. The molecule has 0 unspecified atom stereocenters. The highest BCUT2D eigenvalue weighted by Crippen LogP contribution is 2.54. The zero-order chi connectivity index (χ0) is 50.9. The molecule has 4 heterocycles. The lowest BCUT2D eigenvalue weighted by molar-refractivity contribution is 0.569. The summed E-state index contributed by atoms with van der Waals surface area (Å²) >= 11 is 0. The Labute approximate surface area is 442 Å². The second-order valence-corrected chi connectivity index (χ2v) is 23.6. The molecule has 76 heavy (non-hydrogen) atoms. The Balaban J connectivity index is 1.18. The number of hydrogen-bond donors (Lipinski definition) is 0. The molecule has 12 aromatic carbocycles. The summed E-state index contributed by atoms with van der Waals surface area (Å²) in [5.74, 6) is 0. The minimum atomic E-state index is -0.225. The van der Waals surface area contributed by atoms with E-state index in [9.17, 15) is 0 Å². The summed E-state index contributed by atoms with van der Waals surface area (Å²) in [6.45, 7) is 13.9. The molecular formula is C72H53BN2O. The monoisotopic (exact) mass is 972 g/mol. The molecule has 16 rings (SSSR count). The second kappa shape index (κ2) is 15.4. The normalized spacial score (nSPS) is 13.3. The average Bonchev–Trinajstić information content (AvgIpc) is 4.19. The predicted molar refractivity (Wildman–Crippen MR) is 326 cm³/mol. The van der Waals surface area contributed by atoms with Crippen LogP contribution in [0.3, 0.4) is 0 Å². The third kappa shape index (κ3) is 5.96. The van der Waals surface area contributed by atoms with Gasteiger partial charge in [0.05, 0.1) is 0 Å². The zero-order valence-corrected chi connectivity index (χ0v) is 43.6. The van der Waals surface area contributed by atoms with Crippen LogP contribution >= 0.6 is 0 Å². The van der Waals surface area contributed by atoms with Crippen molar-refractivity contribution in [3.8, 4) is 33.4 Å². The van der Waals surface area contributed by atoms with E-state index in [1.807, 2.05) is 0 Å². The number of aromatic nitrogens is 1. The molecule has 0 spiro atoms. The van der Waals surface area contributed by atoms with Crippen LogP contribution in [0.25, 0.3) is 120 Å². The number of fused-ring (bicyclic) bond motifs is 17. The van der Waals surface area contributed by atoms with Crippen LogP contribution in [0, 0.1) is 0 Å². The first-order valence-corrected chi connectivity index (χ1v) is 26.9. The van der Waals surface area contributed by atoms with Gasteiger partial charge >= 0.3 is 6.85 Å². The summed E-state index contributed by atoms with van der Waals surface area (Å²) in [6, 6.07) is 80.3. The topological polar surface area (TPSA) is 21.3 Å². The van der Waals surface area contributed by atoms with Crippen LogP contribution in [0.4, 0.5) is 17.1 Å². The molecule has 0 saturated carbocycles. The van der Waals surface area contributed by atoms with Crippen LogP contribution in [-0.4, -0.2) is 11.3 Å². The van der Waals surface area contributed by atoms with Gasteiger partial charge in [-0.3, -0.25) is 0 Å². The number of nitrogens with zero attached hydrogens (tertiary/aromatic N) is 2. The first-order valence-electron chi connectivity index (χ1n) is 26.9. The van der Waals surface area contributed by atoms with Crippen molar-refractivity contribution in [3.05, 3.63) is 223 Å². The Kier molecular flexibility index (Phi) is 8.80. The fourth-order valence-corrected chi connectivity index (χ4v) is 13.7. The van der Waals surface area contributed by atoms with E-state index in [-0.39, 0.29) is 17.7 Å². The molecule has 0 atom stereocenters. The summed E-state index contributed by atoms with van der Waals surface area (Å²) < 4.78 is 9.92. The first-order chi connectivity index (χ1) is 37.0. The maximum absolute atomic E-state index is 7.16. The van der Waals surface area contributed by atoms with Crippen LogP contribution in [0.1, 0.15) is 52.7 Å². The van der Waals surface area contributed by atoms with Gasteiger partial charge in [-0.15, -0.1) is 0 Å². The lowest BCUT2D eigenvalue weighted by atomic mass is 9.44. The Morgan fingerprint density at radius 3 is 1.59 bits per heavy atom. The van der Waals surface area contributed by atoms with Crippen molar-refractivity contribution in [1.82, 2.24) is 4.48 Å². The Morgan fingerprint density at radius 2 is 0.947 bits per heavy atom. The largest absolute Gasteiger partial charge is 0.456 e. The molecular weight excluding hydrogens is 920 g/mol. The maximum Gasteiger partial charge on any atom is 0.333 e. The predicted octanol–water partition coefficient (Wildman–Crippen LogP) is 18.7. The standard InChI is InChI=1S/C72H53BN2O/c1-71(2,3)46-36-47(72(4,5)6)38-48(37-46)74-59-40-55-54(63(43-22-9-7-10-23-43)51-29-17-18-30-52(51)64(55)44-24-11-8-12-25-44)39-57(59)73-69-60(74)41-62-66(53-31-19-20-32-61(53)76-62)67(69)56-35-45-26-14-16-28-50(45)68-65-49-27-15-13-21-42(49)33-34-58(65)75(73)70(56)68/h7-41H,1-6H3. The quantitative estimate of drug-likeness (QED) is 0.130. The van der Waals surface area contributed by atoms with Crippen LogP contribution in [0.15, 0.2) is 217 Å². The highest BCUT2D eigenvalue weighted by molar-refractivity contribution is 6.91. The smallest absolute Gasteiger partial charge is 0.333 e. The molecule has 0 bridgehead atoms. The molecule has 2 aliphatic rings. The summed E-state index contributed by atoms with van der Waals surface area (Å²) in [4.78, 5) is 2.64. The summed E-state index contributed by atoms with van der Waals surface area (Å²) in [6.07, 6.45) is 0. The number of benzene rings is 12. The van der Waals surface area contributed by atoms with Crippen LogP contribution in [-0.2, 0) is 10.8 Å². The zero-order valence-electron chi connectivity index (χ0n) is 43.6. The van der Waals surface area contributed by atoms with Crippen molar-refractivity contribution in [3.63, 3.8) is 0 Å². The van der Waals surface area contributed by atoms with Gasteiger partial charge in [-0.25, -0.2) is 0 Å². The van der Waals surface area contributed by atoms with Gasteiger partial charge in [0, 0.05) is 61.3 Å². The van der Waals surface area contributed by atoms with E-state index in [0.29, 0.717) is 0 Å². The van der Waals surface area contributed by atoms with Gasteiger partial charge in [-0.05, 0) is 140 Å². The Hall–Kier alpha value is -8.86. The maximum atomic E-state index is 7.16. The number of rotatable bonds is 3. The SMILES string of the molecule is CC(C)(C)c1cc(N2c3cc4c(-c5ccccc5)c5ccccc5c(-c5ccccc5)c4cc3B3c4c2cc2oc5ccccc5c2c4-c2cc4ccccc4c4c5c6ccccc6ccc5n3c24)cc(C(C)(C)C)c1. The van der Waals surface area contributed by atoms with Gasteiger partial charge in [0.1, 0.15) is 11.2 Å². The number of hydrogen-bond acceptors (Lipinski definition) is 2. The molecule has 360 valence electrons. The summed E-state index contributed by atoms with van der Waals surface area (Å²) in [5.41, 5.74) is 20.1. The highest BCUT2D eigenvalue weighted by atomic mass is 16.3. The van der Waals surface area contributed by atoms with Gasteiger partial charge < -0.3 is 13.8 Å². The van der Waals surface area contributed by atoms with Crippen molar-refractivity contribution in [1.29, 1.82) is 0 Å². The van der Waals surface area contributed by atoms with E-state index < -0.39 is 0 Å².